The van der Waals surface area contributed by atoms with E-state index in [1.54, 1.807) is 18.2 Å². The Morgan fingerprint density at radius 1 is 1.20 bits per heavy atom. The van der Waals surface area contributed by atoms with Gasteiger partial charge in [0.2, 0.25) is 0 Å². The fourth-order valence-corrected chi connectivity index (χ4v) is 3.23. The van der Waals surface area contributed by atoms with Gasteiger partial charge in [0.05, 0.1) is 12.1 Å². The Morgan fingerprint density at radius 3 is 2.24 bits per heavy atom. The van der Waals surface area contributed by atoms with Gasteiger partial charge in [0.1, 0.15) is 12.4 Å². The SMILES string of the molecule is CC(C)(C)[Si](C)(C)OC[C@H](N=[N+]=[N-])[C@H](O)COc1cc(Cl)cc(Cl)c1. The fourth-order valence-electron chi connectivity index (χ4n) is 1.70. The Hall–Kier alpha value is -0.953. The lowest BCUT2D eigenvalue weighted by atomic mass is 10.2. The van der Waals surface area contributed by atoms with Crippen LogP contribution in [0.3, 0.4) is 0 Å². The number of aliphatic hydroxyl groups is 1. The van der Waals surface area contributed by atoms with Crippen molar-refractivity contribution in [3.8, 4) is 5.75 Å². The number of aliphatic hydroxyl groups excluding tert-OH is 1. The van der Waals surface area contributed by atoms with E-state index in [4.69, 9.17) is 37.9 Å². The van der Waals surface area contributed by atoms with Gasteiger partial charge < -0.3 is 14.3 Å². The first-order chi connectivity index (χ1) is 11.5. The molecule has 9 heteroatoms. The van der Waals surface area contributed by atoms with Crippen molar-refractivity contribution in [2.45, 2.75) is 51.0 Å². The molecule has 0 aromatic heterocycles. The molecule has 2 atom stereocenters. The normalized spacial score (nSPS) is 14.6. The molecule has 0 bridgehead atoms. The maximum absolute atomic E-state index is 10.3. The Morgan fingerprint density at radius 2 is 1.76 bits per heavy atom. The maximum atomic E-state index is 10.3. The smallest absolute Gasteiger partial charge is 0.191 e. The van der Waals surface area contributed by atoms with Gasteiger partial charge in [-0.15, -0.1) is 0 Å². The Kier molecular flexibility index (Phi) is 8.06. The molecule has 0 aliphatic carbocycles. The van der Waals surface area contributed by atoms with E-state index in [2.05, 4.69) is 43.9 Å². The molecule has 0 radical (unpaired) electrons. The molecule has 0 unspecified atom stereocenters. The first-order valence-corrected chi connectivity index (χ1v) is 11.6. The summed E-state index contributed by atoms with van der Waals surface area (Å²) in [4.78, 5) is 2.81. The number of hydrogen-bond acceptors (Lipinski definition) is 4. The second-order valence-corrected chi connectivity index (χ2v) is 13.0. The third kappa shape index (κ3) is 7.05. The van der Waals surface area contributed by atoms with Crippen molar-refractivity contribution >= 4 is 31.5 Å². The minimum atomic E-state index is -2.01. The summed E-state index contributed by atoms with van der Waals surface area (Å²) in [5, 5.41) is 14.9. The summed E-state index contributed by atoms with van der Waals surface area (Å²) in [6.07, 6.45) is -1.02. The van der Waals surface area contributed by atoms with Crippen molar-refractivity contribution in [3.05, 3.63) is 38.7 Å². The van der Waals surface area contributed by atoms with Gasteiger partial charge in [-0.05, 0) is 41.9 Å². The highest BCUT2D eigenvalue weighted by Crippen LogP contribution is 2.36. The van der Waals surface area contributed by atoms with Crippen LogP contribution in [0.4, 0.5) is 0 Å². The minimum Gasteiger partial charge on any atom is -0.491 e. The zero-order chi connectivity index (χ0) is 19.3. The second kappa shape index (κ2) is 9.12. The van der Waals surface area contributed by atoms with Crippen LogP contribution in [-0.2, 0) is 4.43 Å². The van der Waals surface area contributed by atoms with Gasteiger partial charge in [-0.3, -0.25) is 0 Å². The predicted molar refractivity (Wildman–Crippen MR) is 104 cm³/mol. The van der Waals surface area contributed by atoms with Gasteiger partial charge in [0, 0.05) is 21.6 Å². The molecule has 1 aromatic carbocycles. The number of rotatable bonds is 8. The molecule has 6 nitrogen and oxygen atoms in total. The highest BCUT2D eigenvalue weighted by molar-refractivity contribution is 6.74. The summed E-state index contributed by atoms with van der Waals surface area (Å²) in [6.45, 7) is 10.6. The van der Waals surface area contributed by atoms with Crippen molar-refractivity contribution in [2.75, 3.05) is 13.2 Å². The molecule has 140 valence electrons. The van der Waals surface area contributed by atoms with Crippen LogP contribution in [-0.4, -0.2) is 38.8 Å². The number of hydrogen-bond donors (Lipinski definition) is 1. The van der Waals surface area contributed by atoms with Crippen molar-refractivity contribution in [1.29, 1.82) is 0 Å². The number of nitrogens with zero attached hydrogens (tertiary/aromatic N) is 3. The zero-order valence-electron chi connectivity index (χ0n) is 15.2. The van der Waals surface area contributed by atoms with Crippen LogP contribution >= 0.6 is 23.2 Å². The van der Waals surface area contributed by atoms with Crippen molar-refractivity contribution in [2.24, 2.45) is 5.11 Å². The maximum Gasteiger partial charge on any atom is 0.191 e. The number of ether oxygens (including phenoxy) is 1. The molecular weight excluding hydrogens is 381 g/mol. The van der Waals surface area contributed by atoms with E-state index in [1.807, 2.05) is 0 Å². The van der Waals surface area contributed by atoms with Gasteiger partial charge >= 0.3 is 0 Å². The van der Waals surface area contributed by atoms with Crippen LogP contribution in [0, 0.1) is 0 Å². The molecule has 0 aliphatic heterocycles. The van der Waals surface area contributed by atoms with E-state index in [-0.39, 0.29) is 18.3 Å². The molecule has 1 N–H and O–H groups in total. The Labute approximate surface area is 159 Å². The molecule has 0 fully saturated rings. The molecule has 0 saturated carbocycles. The van der Waals surface area contributed by atoms with Crippen molar-refractivity contribution in [3.63, 3.8) is 0 Å². The first kappa shape index (κ1) is 22.1. The highest BCUT2D eigenvalue weighted by atomic mass is 35.5. The van der Waals surface area contributed by atoms with Crippen LogP contribution in [0.15, 0.2) is 23.3 Å². The van der Waals surface area contributed by atoms with Gasteiger partial charge in [-0.25, -0.2) is 0 Å². The molecule has 25 heavy (non-hydrogen) atoms. The van der Waals surface area contributed by atoms with Crippen LogP contribution in [0.5, 0.6) is 5.75 Å². The van der Waals surface area contributed by atoms with Gasteiger partial charge in [-0.1, -0.05) is 49.1 Å². The summed E-state index contributed by atoms with van der Waals surface area (Å²) in [5.74, 6) is 0.432. The van der Waals surface area contributed by atoms with Gasteiger partial charge in [0.25, 0.3) is 0 Å². The number of azide groups is 1. The molecule has 0 spiro atoms. The average molecular weight is 406 g/mol. The molecule has 1 aromatic rings. The predicted octanol–water partition coefficient (Wildman–Crippen LogP) is 5.43. The summed E-state index contributed by atoms with van der Waals surface area (Å²) >= 11 is 11.8. The van der Waals surface area contributed by atoms with E-state index in [9.17, 15) is 5.11 Å². The monoisotopic (exact) mass is 405 g/mol. The van der Waals surface area contributed by atoms with E-state index >= 15 is 0 Å². The van der Waals surface area contributed by atoms with Gasteiger partial charge in [0.15, 0.2) is 8.32 Å². The summed E-state index contributed by atoms with van der Waals surface area (Å²) < 4.78 is 11.5. The third-order valence-corrected chi connectivity index (χ3v) is 9.26. The lowest BCUT2D eigenvalue weighted by Gasteiger charge is -2.37. The first-order valence-electron chi connectivity index (χ1n) is 7.91. The van der Waals surface area contributed by atoms with Crippen molar-refractivity contribution < 1.29 is 14.3 Å². The van der Waals surface area contributed by atoms with Crippen LogP contribution < -0.4 is 4.74 Å². The highest BCUT2D eigenvalue weighted by Gasteiger charge is 2.38. The molecule has 0 amide bonds. The molecular formula is C16H25Cl2N3O3Si. The van der Waals surface area contributed by atoms with Crippen LogP contribution in [0.25, 0.3) is 10.4 Å². The Bertz CT molecular complexity index is 611. The minimum absolute atomic E-state index is 0.0207. The molecule has 0 aliphatic rings. The quantitative estimate of drug-likeness (QED) is 0.270. The summed E-state index contributed by atoms with van der Waals surface area (Å²) in [6, 6.07) is 4.03. The average Bonchev–Trinajstić information content (AvgIpc) is 2.47. The number of benzene rings is 1. The summed E-state index contributed by atoms with van der Waals surface area (Å²) in [7, 11) is -2.01. The van der Waals surface area contributed by atoms with E-state index < -0.39 is 20.5 Å². The summed E-state index contributed by atoms with van der Waals surface area (Å²) in [5.41, 5.74) is 8.76. The standard InChI is InChI=1S/C16H25Cl2N3O3Si/c1-16(2,3)25(4,5)24-9-14(20-21-19)15(22)10-23-13-7-11(17)6-12(18)8-13/h6-8,14-15,22H,9-10H2,1-5H3/t14-,15+/m0/s1. The lowest BCUT2D eigenvalue weighted by Crippen LogP contribution is -2.44. The topological polar surface area (TPSA) is 87.5 Å². The molecule has 0 heterocycles. The largest absolute Gasteiger partial charge is 0.491 e. The van der Waals surface area contributed by atoms with Crippen LogP contribution in [0.2, 0.25) is 28.2 Å². The van der Waals surface area contributed by atoms with E-state index in [0.29, 0.717) is 15.8 Å². The van der Waals surface area contributed by atoms with Gasteiger partial charge in [-0.2, -0.15) is 0 Å². The zero-order valence-corrected chi connectivity index (χ0v) is 17.7. The van der Waals surface area contributed by atoms with Crippen molar-refractivity contribution in [1.82, 2.24) is 0 Å². The molecule has 1 rings (SSSR count). The lowest BCUT2D eigenvalue weighted by molar-refractivity contribution is 0.0660. The number of halogens is 2. The molecule has 0 saturated heterocycles. The van der Waals surface area contributed by atoms with E-state index in [1.165, 1.54) is 0 Å². The second-order valence-electron chi connectivity index (χ2n) is 7.33. The van der Waals surface area contributed by atoms with Crippen LogP contribution in [0.1, 0.15) is 20.8 Å². The third-order valence-electron chi connectivity index (χ3n) is 4.32. The Balaban J connectivity index is 2.70. The van der Waals surface area contributed by atoms with E-state index in [0.717, 1.165) is 0 Å². The fraction of sp³-hybridized carbons (Fsp3) is 0.625.